The summed E-state index contributed by atoms with van der Waals surface area (Å²) in [6.07, 6.45) is 0.295. The third-order valence-corrected chi connectivity index (χ3v) is 7.74. The summed E-state index contributed by atoms with van der Waals surface area (Å²) in [6.45, 7) is 7.72. The quantitative estimate of drug-likeness (QED) is 0.342. The van der Waals surface area contributed by atoms with Crippen LogP contribution >= 0.6 is 0 Å². The highest BCUT2D eigenvalue weighted by Crippen LogP contribution is 2.42. The van der Waals surface area contributed by atoms with E-state index in [2.05, 4.69) is 10.0 Å². The Hall–Kier alpha value is -3.23. The van der Waals surface area contributed by atoms with E-state index in [9.17, 15) is 17.6 Å². The summed E-state index contributed by atoms with van der Waals surface area (Å²) in [6, 6.07) is 16.6. The van der Waals surface area contributed by atoms with Crippen LogP contribution in [0, 0.1) is 18.7 Å². The number of sulfonamides is 1. The second kappa shape index (κ2) is 10.4. The number of nitrogens with one attached hydrogen (secondary N) is 2. The van der Waals surface area contributed by atoms with Crippen LogP contribution in [0.4, 0.5) is 15.8 Å². The highest BCUT2D eigenvalue weighted by molar-refractivity contribution is 7.92. The van der Waals surface area contributed by atoms with Crippen molar-refractivity contribution >= 4 is 27.2 Å². The fourth-order valence-corrected chi connectivity index (χ4v) is 5.49. The number of ketones is 1. The number of Topliss-reactive ketones (excluding diaryl/α,β-unsaturated/α-hetero) is 1. The van der Waals surface area contributed by atoms with Crippen LogP contribution in [0.15, 0.2) is 65.6 Å². The fraction of sp³-hybridized carbons (Fsp3) is 0.321. The minimum Gasteiger partial charge on any atom is -0.378 e. The van der Waals surface area contributed by atoms with E-state index in [0.717, 1.165) is 16.8 Å². The standard InChI is InChI=1S/C28H31FN2O4S/c1-5-35-27-16-26(19-6-8-20(9-7-19)28(32)17(2)3)30-25-13-11-22(15-23(25)27)36(33,34)31-21-10-12-24(29)18(4)14-21/h6-15,17,26-27,30-31H,5,16H2,1-4H3. The van der Waals surface area contributed by atoms with Gasteiger partial charge in [0.1, 0.15) is 5.82 Å². The van der Waals surface area contributed by atoms with E-state index in [4.69, 9.17) is 4.74 Å². The van der Waals surface area contributed by atoms with E-state index in [-0.39, 0.29) is 28.7 Å². The van der Waals surface area contributed by atoms with Crippen molar-refractivity contribution in [3.8, 4) is 0 Å². The lowest BCUT2D eigenvalue weighted by molar-refractivity contribution is 0.0497. The maximum absolute atomic E-state index is 13.6. The number of benzene rings is 3. The van der Waals surface area contributed by atoms with Gasteiger partial charge in [-0.05, 0) is 61.4 Å². The van der Waals surface area contributed by atoms with Crippen LogP contribution in [0.3, 0.4) is 0 Å². The Morgan fingerprint density at radius 2 is 1.83 bits per heavy atom. The third kappa shape index (κ3) is 5.44. The van der Waals surface area contributed by atoms with Crippen LogP contribution in [0.1, 0.15) is 66.4 Å². The molecular weight excluding hydrogens is 479 g/mol. The molecule has 1 heterocycles. The first-order chi connectivity index (χ1) is 17.1. The Bertz CT molecular complexity index is 1370. The average molecular weight is 511 g/mol. The lowest BCUT2D eigenvalue weighted by Gasteiger charge is -2.33. The molecule has 0 fully saturated rings. The number of ether oxygens (including phenoxy) is 1. The molecule has 0 aliphatic carbocycles. The zero-order chi connectivity index (χ0) is 26.0. The first-order valence-electron chi connectivity index (χ1n) is 12.0. The van der Waals surface area contributed by atoms with Crippen LogP contribution in [0.5, 0.6) is 0 Å². The number of hydrogen-bond acceptors (Lipinski definition) is 5. The Morgan fingerprint density at radius 1 is 1.11 bits per heavy atom. The van der Waals surface area contributed by atoms with E-state index in [0.29, 0.717) is 29.8 Å². The predicted octanol–water partition coefficient (Wildman–Crippen LogP) is 6.41. The summed E-state index contributed by atoms with van der Waals surface area (Å²) >= 11 is 0. The number of carbonyl (C=O) groups excluding carboxylic acids is 1. The van der Waals surface area contributed by atoms with Gasteiger partial charge in [0, 0.05) is 41.4 Å². The van der Waals surface area contributed by atoms with Crippen molar-refractivity contribution in [1.29, 1.82) is 0 Å². The van der Waals surface area contributed by atoms with Gasteiger partial charge in [-0.15, -0.1) is 0 Å². The van der Waals surface area contributed by atoms with Gasteiger partial charge in [0.2, 0.25) is 0 Å². The zero-order valence-corrected chi connectivity index (χ0v) is 21.7. The summed E-state index contributed by atoms with van der Waals surface area (Å²) in [7, 11) is -3.89. The molecule has 2 N–H and O–H groups in total. The highest BCUT2D eigenvalue weighted by Gasteiger charge is 2.30. The molecule has 190 valence electrons. The second-order valence-corrected chi connectivity index (χ2v) is 11.0. The number of carbonyl (C=O) groups is 1. The maximum Gasteiger partial charge on any atom is 0.261 e. The number of anilines is 2. The van der Waals surface area contributed by atoms with Crippen LogP contribution < -0.4 is 10.0 Å². The van der Waals surface area contributed by atoms with E-state index in [1.807, 2.05) is 45.0 Å². The van der Waals surface area contributed by atoms with Gasteiger partial charge < -0.3 is 10.1 Å². The van der Waals surface area contributed by atoms with Gasteiger partial charge in [-0.3, -0.25) is 9.52 Å². The first kappa shape index (κ1) is 25.9. The zero-order valence-electron chi connectivity index (χ0n) is 20.8. The molecule has 0 saturated carbocycles. The summed E-state index contributed by atoms with van der Waals surface area (Å²) in [5.74, 6) is -0.355. The van der Waals surface area contributed by atoms with Gasteiger partial charge in [-0.2, -0.15) is 0 Å². The molecular formula is C28H31FN2O4S. The van der Waals surface area contributed by atoms with Crippen LogP contribution in [-0.2, 0) is 14.8 Å². The lowest BCUT2D eigenvalue weighted by Crippen LogP contribution is -2.24. The fourth-order valence-electron chi connectivity index (χ4n) is 4.41. The van der Waals surface area contributed by atoms with E-state index >= 15 is 0 Å². The molecule has 0 saturated heterocycles. The van der Waals surface area contributed by atoms with Crippen molar-refractivity contribution in [3.05, 3.63) is 88.7 Å². The van der Waals surface area contributed by atoms with Crippen molar-refractivity contribution < 1.29 is 22.3 Å². The number of rotatable bonds is 8. The molecule has 0 amide bonds. The second-order valence-electron chi connectivity index (χ2n) is 9.34. The molecule has 0 aromatic heterocycles. The van der Waals surface area contributed by atoms with Crippen molar-refractivity contribution in [1.82, 2.24) is 0 Å². The van der Waals surface area contributed by atoms with Crippen LogP contribution in [0.25, 0.3) is 0 Å². The maximum atomic E-state index is 13.6. The van der Waals surface area contributed by atoms with Crippen molar-refractivity contribution in [2.75, 3.05) is 16.6 Å². The van der Waals surface area contributed by atoms with Gasteiger partial charge in [0.25, 0.3) is 10.0 Å². The minimum atomic E-state index is -3.89. The topological polar surface area (TPSA) is 84.5 Å². The monoisotopic (exact) mass is 510 g/mol. The Morgan fingerprint density at radius 3 is 2.47 bits per heavy atom. The smallest absolute Gasteiger partial charge is 0.261 e. The summed E-state index contributed by atoms with van der Waals surface area (Å²) in [5.41, 5.74) is 3.92. The van der Waals surface area contributed by atoms with Gasteiger partial charge >= 0.3 is 0 Å². The largest absolute Gasteiger partial charge is 0.378 e. The normalized spacial score (nSPS) is 17.4. The molecule has 1 aliphatic heterocycles. The SMILES string of the molecule is CCOC1CC(c2ccc(C(=O)C(C)C)cc2)Nc2ccc(S(=O)(=O)Nc3ccc(F)c(C)c3)cc21. The number of hydrogen-bond donors (Lipinski definition) is 2. The molecule has 1 aliphatic rings. The van der Waals surface area contributed by atoms with Crippen molar-refractivity contribution in [2.45, 2.75) is 51.2 Å². The number of halogens is 1. The highest BCUT2D eigenvalue weighted by atomic mass is 32.2. The van der Waals surface area contributed by atoms with E-state index in [1.54, 1.807) is 25.1 Å². The lowest BCUT2D eigenvalue weighted by atomic mass is 9.90. The molecule has 3 aromatic rings. The molecule has 6 nitrogen and oxygen atoms in total. The Kier molecular flexibility index (Phi) is 7.47. The molecule has 0 spiro atoms. The molecule has 0 radical (unpaired) electrons. The van der Waals surface area contributed by atoms with Gasteiger partial charge in [0.05, 0.1) is 17.0 Å². The van der Waals surface area contributed by atoms with Gasteiger partial charge in [-0.25, -0.2) is 12.8 Å². The first-order valence-corrected chi connectivity index (χ1v) is 13.5. The third-order valence-electron chi connectivity index (χ3n) is 6.36. The molecule has 36 heavy (non-hydrogen) atoms. The van der Waals surface area contributed by atoms with E-state index < -0.39 is 15.8 Å². The van der Waals surface area contributed by atoms with Gasteiger partial charge in [-0.1, -0.05) is 38.1 Å². The van der Waals surface area contributed by atoms with E-state index in [1.165, 1.54) is 18.2 Å². The molecule has 3 aromatic carbocycles. The minimum absolute atomic E-state index is 0.0555. The molecule has 2 unspecified atom stereocenters. The molecule has 0 bridgehead atoms. The number of aryl methyl sites for hydroxylation is 1. The molecule has 2 atom stereocenters. The summed E-state index contributed by atoms with van der Waals surface area (Å²) in [4.78, 5) is 12.4. The Balaban J connectivity index is 1.60. The van der Waals surface area contributed by atoms with Crippen molar-refractivity contribution in [3.63, 3.8) is 0 Å². The van der Waals surface area contributed by atoms with Gasteiger partial charge in [0.15, 0.2) is 5.78 Å². The molecule has 8 heteroatoms. The van der Waals surface area contributed by atoms with Crippen LogP contribution in [-0.4, -0.2) is 20.8 Å². The molecule has 4 rings (SSSR count). The Labute approximate surface area is 211 Å². The average Bonchev–Trinajstić information content (AvgIpc) is 2.85. The summed E-state index contributed by atoms with van der Waals surface area (Å²) in [5, 5.41) is 3.49. The van der Waals surface area contributed by atoms with Crippen LogP contribution in [0.2, 0.25) is 0 Å². The number of fused-ring (bicyclic) bond motifs is 1. The van der Waals surface area contributed by atoms with Crippen molar-refractivity contribution in [2.24, 2.45) is 5.92 Å². The summed E-state index contributed by atoms with van der Waals surface area (Å²) < 4.78 is 48.3. The predicted molar refractivity (Wildman–Crippen MR) is 139 cm³/mol.